The summed E-state index contributed by atoms with van der Waals surface area (Å²) in [5, 5.41) is 2.23. The zero-order valence-corrected chi connectivity index (χ0v) is 34.5. The van der Waals surface area contributed by atoms with Crippen molar-refractivity contribution >= 4 is 21.9 Å². The van der Waals surface area contributed by atoms with Crippen LogP contribution in [0.2, 0.25) is 0 Å². The predicted molar refractivity (Wildman–Crippen MR) is 249 cm³/mol. The molecule has 8 aromatic carbocycles. The summed E-state index contributed by atoms with van der Waals surface area (Å²) >= 11 is 0. The molecule has 2 aliphatic rings. The smallest absolute Gasteiger partial charge is 0.164 e. The van der Waals surface area contributed by atoms with Crippen LogP contribution in [0.3, 0.4) is 0 Å². The zero-order chi connectivity index (χ0) is 41.0. The van der Waals surface area contributed by atoms with Crippen LogP contribution in [-0.2, 0) is 10.8 Å². The van der Waals surface area contributed by atoms with Crippen LogP contribution in [0.5, 0.6) is 0 Å². The van der Waals surface area contributed by atoms with Gasteiger partial charge in [0.2, 0.25) is 0 Å². The molecule has 0 radical (unpaired) electrons. The van der Waals surface area contributed by atoms with E-state index >= 15 is 0 Å². The third kappa shape index (κ3) is 5.35. The van der Waals surface area contributed by atoms with E-state index in [-0.39, 0.29) is 10.8 Å². The van der Waals surface area contributed by atoms with E-state index in [1.165, 1.54) is 55.6 Å². The highest BCUT2D eigenvalue weighted by Gasteiger charge is 2.38. The van der Waals surface area contributed by atoms with Gasteiger partial charge in [-0.1, -0.05) is 173 Å². The predicted octanol–water partition coefficient (Wildman–Crippen LogP) is 14.7. The first-order chi connectivity index (χ1) is 29.7. The largest absolute Gasteiger partial charge is 0.456 e. The second-order valence-electron chi connectivity index (χ2n) is 17.6. The maximum absolute atomic E-state index is 6.53. The van der Waals surface area contributed by atoms with Gasteiger partial charge in [-0.25, -0.2) is 15.0 Å². The van der Waals surface area contributed by atoms with Crippen LogP contribution < -0.4 is 0 Å². The van der Waals surface area contributed by atoms with Crippen LogP contribution in [0.4, 0.5) is 0 Å². The van der Waals surface area contributed by atoms with E-state index in [4.69, 9.17) is 19.4 Å². The molecule has 0 fully saturated rings. The Morgan fingerprint density at radius 3 is 1.69 bits per heavy atom. The summed E-state index contributed by atoms with van der Waals surface area (Å²) in [6.45, 7) is 9.25. The lowest BCUT2D eigenvalue weighted by molar-refractivity contribution is 0.660. The third-order valence-corrected chi connectivity index (χ3v) is 13.3. The second kappa shape index (κ2) is 13.0. The van der Waals surface area contributed by atoms with Gasteiger partial charge < -0.3 is 4.42 Å². The van der Waals surface area contributed by atoms with Crippen LogP contribution in [0.25, 0.3) is 101 Å². The lowest BCUT2D eigenvalue weighted by Gasteiger charge is -2.24. The van der Waals surface area contributed by atoms with E-state index in [0.717, 1.165) is 49.8 Å². The van der Waals surface area contributed by atoms with Crippen molar-refractivity contribution in [1.82, 2.24) is 15.0 Å². The Morgan fingerprint density at radius 2 is 0.885 bits per heavy atom. The molecule has 0 saturated heterocycles. The van der Waals surface area contributed by atoms with Crippen LogP contribution >= 0.6 is 0 Å². The first kappa shape index (κ1) is 35.5. The summed E-state index contributed by atoms with van der Waals surface area (Å²) < 4.78 is 6.53. The monoisotopic (exact) mass is 783 g/mol. The summed E-state index contributed by atoms with van der Waals surface area (Å²) in [5.41, 5.74) is 19.0. The fourth-order valence-electron chi connectivity index (χ4n) is 10.3. The number of hydrogen-bond donors (Lipinski definition) is 0. The number of nitrogens with zero attached hydrogens (tertiary/aromatic N) is 3. The van der Waals surface area contributed by atoms with Crippen molar-refractivity contribution in [3.05, 3.63) is 198 Å². The van der Waals surface area contributed by atoms with Gasteiger partial charge in [-0.2, -0.15) is 0 Å². The Labute approximate surface area is 355 Å². The quantitative estimate of drug-likeness (QED) is 0.174. The van der Waals surface area contributed by atoms with Gasteiger partial charge in [-0.15, -0.1) is 0 Å². The standard InChI is InChI=1S/C57H41N3O/c1-56(2)46-24-10-9-20-41(46)45-32-38(28-30-48(45)56)54-58-53(59-55(60-54)44-23-13-22-42-40-19-8-11-25-47(40)57(3,4)52(42)44)37-18-12-17-35(31-37)36-27-29-43-50(33-36)61-49-26-14-21-39(51(43)49)34-15-6-5-7-16-34/h5-33H,1-4H3. The molecule has 2 aliphatic carbocycles. The number of furan rings is 1. The Bertz CT molecular complexity index is 3430. The van der Waals surface area contributed by atoms with Gasteiger partial charge in [-0.05, 0) is 97.1 Å². The zero-order valence-electron chi connectivity index (χ0n) is 34.5. The fraction of sp³-hybridized carbons (Fsp3) is 0.105. The van der Waals surface area contributed by atoms with Gasteiger partial charge in [0.15, 0.2) is 17.5 Å². The highest BCUT2D eigenvalue weighted by atomic mass is 16.3. The van der Waals surface area contributed by atoms with Gasteiger partial charge in [-0.3, -0.25) is 0 Å². The van der Waals surface area contributed by atoms with Crippen molar-refractivity contribution < 1.29 is 4.42 Å². The number of benzene rings is 8. The molecule has 0 atom stereocenters. The molecule has 0 spiro atoms. The second-order valence-corrected chi connectivity index (χ2v) is 17.6. The Morgan fingerprint density at radius 1 is 0.344 bits per heavy atom. The maximum atomic E-state index is 6.53. The van der Waals surface area contributed by atoms with Crippen molar-refractivity contribution in [2.45, 2.75) is 38.5 Å². The molecule has 290 valence electrons. The number of hydrogen-bond acceptors (Lipinski definition) is 4. The number of aromatic nitrogens is 3. The van der Waals surface area contributed by atoms with E-state index in [9.17, 15) is 0 Å². The van der Waals surface area contributed by atoms with Gasteiger partial charge in [0, 0.05) is 38.3 Å². The third-order valence-electron chi connectivity index (χ3n) is 13.3. The molecule has 4 heteroatoms. The molecule has 0 N–H and O–H groups in total. The van der Waals surface area contributed by atoms with Gasteiger partial charge in [0.05, 0.1) is 0 Å². The highest BCUT2D eigenvalue weighted by molar-refractivity contribution is 6.13. The summed E-state index contributed by atoms with van der Waals surface area (Å²) in [7, 11) is 0. The topological polar surface area (TPSA) is 51.8 Å². The molecular weight excluding hydrogens is 743 g/mol. The molecule has 2 aromatic heterocycles. The van der Waals surface area contributed by atoms with Crippen LogP contribution in [0, 0.1) is 0 Å². The minimum Gasteiger partial charge on any atom is -0.456 e. The Kier molecular flexibility index (Phi) is 7.59. The maximum Gasteiger partial charge on any atom is 0.164 e. The molecule has 0 aliphatic heterocycles. The van der Waals surface area contributed by atoms with E-state index < -0.39 is 0 Å². The average molecular weight is 784 g/mol. The van der Waals surface area contributed by atoms with Gasteiger partial charge >= 0.3 is 0 Å². The minimum atomic E-state index is -0.241. The summed E-state index contributed by atoms with van der Waals surface area (Å²) in [5.74, 6) is 1.95. The molecule has 0 saturated carbocycles. The number of fused-ring (bicyclic) bond motifs is 9. The molecule has 10 aromatic rings. The molecule has 0 unspecified atom stereocenters. The van der Waals surface area contributed by atoms with E-state index in [1.807, 2.05) is 0 Å². The molecule has 0 amide bonds. The Balaban J connectivity index is 1.02. The van der Waals surface area contributed by atoms with Crippen molar-refractivity contribution in [2.75, 3.05) is 0 Å². The molecule has 2 heterocycles. The molecular formula is C57H41N3O. The highest BCUT2D eigenvalue weighted by Crippen LogP contribution is 2.53. The molecule has 12 rings (SSSR count). The summed E-state index contributed by atoms with van der Waals surface area (Å²) in [6.07, 6.45) is 0. The van der Waals surface area contributed by atoms with Gasteiger partial charge in [0.1, 0.15) is 11.2 Å². The van der Waals surface area contributed by atoms with E-state index in [1.54, 1.807) is 0 Å². The van der Waals surface area contributed by atoms with Crippen molar-refractivity contribution in [2.24, 2.45) is 0 Å². The summed E-state index contributed by atoms with van der Waals surface area (Å²) in [4.78, 5) is 16.0. The van der Waals surface area contributed by atoms with E-state index in [0.29, 0.717) is 17.5 Å². The lowest BCUT2D eigenvalue weighted by atomic mass is 9.80. The van der Waals surface area contributed by atoms with Crippen LogP contribution in [0.15, 0.2) is 180 Å². The number of rotatable bonds is 5. The molecule has 0 bridgehead atoms. The minimum absolute atomic E-state index is 0.0962. The molecule has 4 nitrogen and oxygen atoms in total. The van der Waals surface area contributed by atoms with Crippen molar-refractivity contribution in [3.63, 3.8) is 0 Å². The normalized spacial score (nSPS) is 14.2. The van der Waals surface area contributed by atoms with Crippen molar-refractivity contribution in [3.8, 4) is 78.7 Å². The van der Waals surface area contributed by atoms with E-state index in [2.05, 4.69) is 204 Å². The Hall–Kier alpha value is -7.43. The van der Waals surface area contributed by atoms with Gasteiger partial charge in [0.25, 0.3) is 0 Å². The van der Waals surface area contributed by atoms with Crippen molar-refractivity contribution in [1.29, 1.82) is 0 Å². The van der Waals surface area contributed by atoms with Crippen LogP contribution in [0.1, 0.15) is 49.9 Å². The molecule has 61 heavy (non-hydrogen) atoms. The summed E-state index contributed by atoms with van der Waals surface area (Å²) in [6, 6.07) is 62.7. The van der Waals surface area contributed by atoms with Crippen LogP contribution in [-0.4, -0.2) is 15.0 Å². The first-order valence-corrected chi connectivity index (χ1v) is 21.1. The average Bonchev–Trinajstić information content (AvgIpc) is 3.88. The fourth-order valence-corrected chi connectivity index (χ4v) is 10.3. The SMILES string of the molecule is CC1(C)c2ccccc2-c2cc(-c3nc(-c4cccc(-c5ccc6c(c5)oc5cccc(-c7ccccc7)c56)c4)nc(-c4cccc5c4C(C)(C)c4ccccc4-5)n3)ccc21. The lowest BCUT2D eigenvalue weighted by Crippen LogP contribution is -2.17. The first-order valence-electron chi connectivity index (χ1n) is 21.1.